The van der Waals surface area contributed by atoms with E-state index in [0.717, 1.165) is 16.7 Å². The van der Waals surface area contributed by atoms with Crippen LogP contribution >= 0.6 is 11.8 Å². The summed E-state index contributed by atoms with van der Waals surface area (Å²) in [4.78, 5) is 5.59. The molecule has 0 fully saturated rings. The number of thioether (sulfide) groups is 1. The monoisotopic (exact) mass is 255 g/mol. The van der Waals surface area contributed by atoms with Crippen LogP contribution in [0.5, 0.6) is 0 Å². The number of para-hydroxylation sites is 2. The lowest BCUT2D eigenvalue weighted by molar-refractivity contribution is 1.10. The molecule has 18 heavy (non-hydrogen) atoms. The Morgan fingerprint density at radius 3 is 2.78 bits per heavy atom. The molecule has 0 radical (unpaired) electrons. The molecule has 2 aromatic carbocycles. The van der Waals surface area contributed by atoms with Gasteiger partial charge < -0.3 is 5.73 Å². The third-order valence-corrected chi connectivity index (χ3v) is 3.62. The zero-order valence-corrected chi connectivity index (χ0v) is 10.8. The lowest BCUT2D eigenvalue weighted by atomic mass is 10.3. The third-order valence-electron chi connectivity index (χ3n) is 2.90. The molecule has 0 aliphatic heterocycles. The lowest BCUT2D eigenvalue weighted by Crippen LogP contribution is -2.00. The summed E-state index contributed by atoms with van der Waals surface area (Å²) >= 11 is 1.72. The minimum Gasteiger partial charge on any atom is -0.369 e. The van der Waals surface area contributed by atoms with Crippen LogP contribution in [0.1, 0.15) is 0 Å². The van der Waals surface area contributed by atoms with Crippen molar-refractivity contribution >= 4 is 28.7 Å². The van der Waals surface area contributed by atoms with Crippen molar-refractivity contribution in [1.29, 1.82) is 0 Å². The highest BCUT2D eigenvalue weighted by molar-refractivity contribution is 7.98. The Balaban J connectivity index is 2.27. The molecule has 1 aromatic heterocycles. The first-order chi connectivity index (χ1) is 8.79. The minimum atomic E-state index is 0.523. The molecule has 3 aromatic rings. The van der Waals surface area contributed by atoms with E-state index in [0.29, 0.717) is 5.95 Å². The van der Waals surface area contributed by atoms with Gasteiger partial charge in [0.1, 0.15) is 0 Å². The summed E-state index contributed by atoms with van der Waals surface area (Å²) < 4.78 is 1.98. The third kappa shape index (κ3) is 1.75. The molecule has 0 aliphatic carbocycles. The summed E-state index contributed by atoms with van der Waals surface area (Å²) in [5.74, 6) is 0.523. The largest absolute Gasteiger partial charge is 0.369 e. The van der Waals surface area contributed by atoms with Gasteiger partial charge in [-0.15, -0.1) is 11.8 Å². The van der Waals surface area contributed by atoms with E-state index in [1.54, 1.807) is 11.8 Å². The molecular weight excluding hydrogens is 242 g/mol. The zero-order chi connectivity index (χ0) is 12.5. The summed E-state index contributed by atoms with van der Waals surface area (Å²) in [5, 5.41) is 0. The Hall–Kier alpha value is -1.94. The molecule has 0 bridgehead atoms. The molecule has 0 saturated carbocycles. The van der Waals surface area contributed by atoms with Gasteiger partial charge in [0.15, 0.2) is 0 Å². The Morgan fingerprint density at radius 2 is 1.94 bits per heavy atom. The number of imidazole rings is 1. The van der Waals surface area contributed by atoms with Crippen molar-refractivity contribution in [2.45, 2.75) is 4.90 Å². The highest BCUT2D eigenvalue weighted by Gasteiger charge is 2.09. The molecular formula is C14H13N3S. The predicted molar refractivity (Wildman–Crippen MR) is 77.3 cm³/mol. The normalized spacial score (nSPS) is 10.9. The number of anilines is 1. The van der Waals surface area contributed by atoms with Crippen molar-refractivity contribution in [3.63, 3.8) is 0 Å². The van der Waals surface area contributed by atoms with Crippen LogP contribution in [0.4, 0.5) is 5.95 Å². The molecule has 4 heteroatoms. The Labute approximate surface area is 110 Å². The number of benzene rings is 2. The van der Waals surface area contributed by atoms with Gasteiger partial charge in [0.25, 0.3) is 0 Å². The summed E-state index contributed by atoms with van der Waals surface area (Å²) in [6.45, 7) is 0. The quantitative estimate of drug-likeness (QED) is 0.714. The van der Waals surface area contributed by atoms with Crippen LogP contribution in [0.15, 0.2) is 53.4 Å². The average molecular weight is 255 g/mol. The molecule has 3 rings (SSSR count). The van der Waals surface area contributed by atoms with Crippen LogP contribution in [0.3, 0.4) is 0 Å². The molecule has 0 atom stereocenters. The fraction of sp³-hybridized carbons (Fsp3) is 0.0714. The average Bonchev–Trinajstić information content (AvgIpc) is 2.74. The molecule has 90 valence electrons. The van der Waals surface area contributed by atoms with E-state index in [9.17, 15) is 0 Å². The number of nitrogens with zero attached hydrogens (tertiary/aromatic N) is 2. The Bertz CT molecular complexity index is 703. The van der Waals surface area contributed by atoms with Gasteiger partial charge in [0.2, 0.25) is 5.95 Å². The van der Waals surface area contributed by atoms with E-state index in [2.05, 4.69) is 23.4 Å². The van der Waals surface area contributed by atoms with E-state index in [1.165, 1.54) is 4.90 Å². The number of nitrogen functional groups attached to an aromatic ring is 1. The number of fused-ring (bicyclic) bond motifs is 1. The number of aromatic nitrogens is 2. The van der Waals surface area contributed by atoms with Crippen LogP contribution in [0, 0.1) is 0 Å². The Kier molecular flexibility index (Phi) is 2.72. The molecule has 0 unspecified atom stereocenters. The van der Waals surface area contributed by atoms with Crippen molar-refractivity contribution in [2.75, 3.05) is 12.0 Å². The minimum absolute atomic E-state index is 0.523. The lowest BCUT2D eigenvalue weighted by Gasteiger charge is -2.07. The smallest absolute Gasteiger partial charge is 0.205 e. The standard InChI is InChI=1S/C14H13N3S/c1-18-11-6-4-5-10(9-11)17-13-8-3-2-7-12(13)16-14(17)15/h2-9H,1H3,(H2,15,16). The molecule has 0 amide bonds. The molecule has 1 heterocycles. The van der Waals surface area contributed by atoms with Gasteiger partial charge in [-0.2, -0.15) is 0 Å². The van der Waals surface area contributed by atoms with Crippen molar-refractivity contribution in [2.24, 2.45) is 0 Å². The second-order valence-corrected chi connectivity index (χ2v) is 4.88. The number of hydrogen-bond donors (Lipinski definition) is 1. The van der Waals surface area contributed by atoms with Gasteiger partial charge in [-0.05, 0) is 36.6 Å². The van der Waals surface area contributed by atoms with E-state index in [4.69, 9.17) is 5.73 Å². The number of nitrogens with two attached hydrogens (primary N) is 1. The van der Waals surface area contributed by atoms with E-state index in [-0.39, 0.29) is 0 Å². The second kappa shape index (κ2) is 4.38. The van der Waals surface area contributed by atoms with E-state index in [1.807, 2.05) is 41.0 Å². The maximum Gasteiger partial charge on any atom is 0.205 e. The summed E-state index contributed by atoms with van der Waals surface area (Å²) in [6, 6.07) is 16.3. The first-order valence-corrected chi connectivity index (χ1v) is 6.89. The molecule has 0 aliphatic rings. The molecule has 0 saturated heterocycles. The fourth-order valence-electron chi connectivity index (χ4n) is 2.07. The van der Waals surface area contributed by atoms with Gasteiger partial charge in [-0.25, -0.2) is 4.98 Å². The first kappa shape index (κ1) is 11.2. The van der Waals surface area contributed by atoms with E-state index < -0.39 is 0 Å². The highest BCUT2D eigenvalue weighted by Crippen LogP contribution is 2.25. The SMILES string of the molecule is CSc1cccc(-n2c(N)nc3ccccc32)c1. The summed E-state index contributed by atoms with van der Waals surface area (Å²) in [7, 11) is 0. The zero-order valence-electron chi connectivity index (χ0n) is 10.00. The molecule has 3 nitrogen and oxygen atoms in total. The van der Waals surface area contributed by atoms with Crippen molar-refractivity contribution < 1.29 is 0 Å². The fourth-order valence-corrected chi connectivity index (χ4v) is 2.52. The van der Waals surface area contributed by atoms with Gasteiger partial charge in [0, 0.05) is 4.90 Å². The van der Waals surface area contributed by atoms with Crippen molar-refractivity contribution in [3.8, 4) is 5.69 Å². The maximum absolute atomic E-state index is 6.02. The second-order valence-electron chi connectivity index (χ2n) is 4.00. The topological polar surface area (TPSA) is 43.8 Å². The summed E-state index contributed by atoms with van der Waals surface area (Å²) in [6.07, 6.45) is 2.06. The summed E-state index contributed by atoms with van der Waals surface area (Å²) in [5.41, 5.74) is 9.03. The first-order valence-electron chi connectivity index (χ1n) is 5.67. The van der Waals surface area contributed by atoms with E-state index >= 15 is 0 Å². The molecule has 0 spiro atoms. The van der Waals surface area contributed by atoms with Gasteiger partial charge in [0.05, 0.1) is 16.7 Å². The number of hydrogen-bond acceptors (Lipinski definition) is 3. The van der Waals surface area contributed by atoms with Crippen molar-refractivity contribution in [3.05, 3.63) is 48.5 Å². The van der Waals surface area contributed by atoms with Crippen molar-refractivity contribution in [1.82, 2.24) is 9.55 Å². The van der Waals surface area contributed by atoms with Crippen LogP contribution < -0.4 is 5.73 Å². The predicted octanol–water partition coefficient (Wildman–Crippen LogP) is 3.33. The Morgan fingerprint density at radius 1 is 1.11 bits per heavy atom. The van der Waals surface area contributed by atoms with Gasteiger partial charge in [-0.3, -0.25) is 4.57 Å². The highest BCUT2D eigenvalue weighted by atomic mass is 32.2. The van der Waals surface area contributed by atoms with Gasteiger partial charge >= 0.3 is 0 Å². The van der Waals surface area contributed by atoms with Crippen LogP contribution in [-0.2, 0) is 0 Å². The molecule has 2 N–H and O–H groups in total. The van der Waals surface area contributed by atoms with Crippen LogP contribution in [0.25, 0.3) is 16.7 Å². The maximum atomic E-state index is 6.02. The number of rotatable bonds is 2. The van der Waals surface area contributed by atoms with Gasteiger partial charge in [-0.1, -0.05) is 18.2 Å². The van der Waals surface area contributed by atoms with Crippen LogP contribution in [0.2, 0.25) is 0 Å². The van der Waals surface area contributed by atoms with Crippen LogP contribution in [-0.4, -0.2) is 15.8 Å².